The molecule has 0 spiro atoms. The Balaban J connectivity index is 1.61. The van der Waals surface area contributed by atoms with Gasteiger partial charge < -0.3 is 19.8 Å². The van der Waals surface area contributed by atoms with E-state index in [9.17, 15) is 14.7 Å². The van der Waals surface area contributed by atoms with Crippen LogP contribution in [0.2, 0.25) is 0 Å². The number of phenols is 1. The number of phenolic OH excluding ortho intramolecular Hbond substituents is 1. The summed E-state index contributed by atoms with van der Waals surface area (Å²) in [6.07, 6.45) is 0.660. The summed E-state index contributed by atoms with van der Waals surface area (Å²) in [5.74, 6) is -0.549. The van der Waals surface area contributed by atoms with Crippen molar-refractivity contribution in [3.63, 3.8) is 0 Å². The van der Waals surface area contributed by atoms with E-state index in [4.69, 9.17) is 9.84 Å². The van der Waals surface area contributed by atoms with Crippen molar-refractivity contribution in [2.24, 2.45) is 0 Å². The van der Waals surface area contributed by atoms with Gasteiger partial charge in [-0.05, 0) is 48.3 Å². The SMILES string of the molecule is O=Cc1ccc(N2CCN(Sc3ccc(O)cc3)CC2)cc1OCC(=O)O. The van der Waals surface area contributed by atoms with E-state index in [2.05, 4.69) is 9.21 Å². The first-order chi connectivity index (χ1) is 13.0. The Morgan fingerprint density at radius 3 is 2.44 bits per heavy atom. The predicted octanol–water partition coefficient (Wildman–Crippen LogP) is 2.50. The summed E-state index contributed by atoms with van der Waals surface area (Å²) in [7, 11) is 0. The van der Waals surface area contributed by atoms with Gasteiger partial charge in [0, 0.05) is 42.8 Å². The molecular formula is C19H20N2O5S. The van der Waals surface area contributed by atoms with Crippen molar-refractivity contribution in [1.29, 1.82) is 0 Å². The summed E-state index contributed by atoms with van der Waals surface area (Å²) < 4.78 is 7.49. The van der Waals surface area contributed by atoms with E-state index in [1.54, 1.807) is 36.2 Å². The topological polar surface area (TPSA) is 90.3 Å². The molecule has 1 saturated heterocycles. The van der Waals surface area contributed by atoms with Gasteiger partial charge in [-0.3, -0.25) is 4.79 Å². The smallest absolute Gasteiger partial charge is 0.341 e. The van der Waals surface area contributed by atoms with Crippen LogP contribution in [-0.4, -0.2) is 59.6 Å². The van der Waals surface area contributed by atoms with Crippen LogP contribution >= 0.6 is 11.9 Å². The van der Waals surface area contributed by atoms with E-state index in [0.29, 0.717) is 11.8 Å². The summed E-state index contributed by atoms with van der Waals surface area (Å²) in [6.45, 7) is 2.79. The third-order valence-corrected chi connectivity index (χ3v) is 5.26. The first kappa shape index (κ1) is 19.1. The zero-order chi connectivity index (χ0) is 19.2. The second kappa shape index (κ2) is 8.79. The molecule has 3 rings (SSSR count). The number of nitrogens with zero attached hydrogens (tertiary/aromatic N) is 2. The molecule has 0 amide bonds. The molecule has 1 fully saturated rings. The Morgan fingerprint density at radius 2 is 1.81 bits per heavy atom. The second-order valence-electron chi connectivity index (χ2n) is 6.02. The molecule has 2 aromatic carbocycles. The minimum absolute atomic E-state index is 0.254. The van der Waals surface area contributed by atoms with Gasteiger partial charge in [0.15, 0.2) is 12.9 Å². The van der Waals surface area contributed by atoms with Gasteiger partial charge in [0.2, 0.25) is 0 Å². The molecule has 0 atom stereocenters. The minimum atomic E-state index is -1.09. The van der Waals surface area contributed by atoms with Gasteiger partial charge in [-0.25, -0.2) is 9.10 Å². The van der Waals surface area contributed by atoms with Crippen LogP contribution in [0.1, 0.15) is 10.4 Å². The summed E-state index contributed by atoms with van der Waals surface area (Å²) >= 11 is 1.65. The number of carbonyl (C=O) groups is 2. The van der Waals surface area contributed by atoms with Crippen molar-refractivity contribution in [1.82, 2.24) is 4.31 Å². The van der Waals surface area contributed by atoms with E-state index in [1.807, 2.05) is 18.2 Å². The number of benzene rings is 2. The Labute approximate surface area is 161 Å². The summed E-state index contributed by atoms with van der Waals surface area (Å²) in [4.78, 5) is 25.1. The lowest BCUT2D eigenvalue weighted by Crippen LogP contribution is -2.43. The number of rotatable bonds is 7. The molecule has 2 aromatic rings. The van der Waals surface area contributed by atoms with Crippen molar-refractivity contribution in [2.45, 2.75) is 4.90 Å². The third kappa shape index (κ3) is 5.15. The summed E-state index contributed by atoms with van der Waals surface area (Å²) in [6, 6.07) is 12.3. The van der Waals surface area contributed by atoms with Gasteiger partial charge in [-0.15, -0.1) is 0 Å². The Kier molecular flexibility index (Phi) is 6.20. The Morgan fingerprint density at radius 1 is 1.11 bits per heavy atom. The third-order valence-electron chi connectivity index (χ3n) is 4.15. The summed E-state index contributed by atoms with van der Waals surface area (Å²) in [5, 5.41) is 18.1. The number of hydrogen-bond donors (Lipinski definition) is 2. The van der Waals surface area contributed by atoms with Gasteiger partial charge in [0.05, 0.1) is 5.56 Å². The number of piperazine rings is 1. The van der Waals surface area contributed by atoms with Gasteiger partial charge >= 0.3 is 5.97 Å². The molecule has 0 unspecified atom stereocenters. The lowest BCUT2D eigenvalue weighted by Gasteiger charge is -2.35. The predicted molar refractivity (Wildman–Crippen MR) is 103 cm³/mol. The monoisotopic (exact) mass is 388 g/mol. The summed E-state index contributed by atoms with van der Waals surface area (Å²) in [5.41, 5.74) is 1.23. The molecule has 2 N–H and O–H groups in total. The molecule has 0 saturated carbocycles. The molecule has 27 heavy (non-hydrogen) atoms. The number of anilines is 1. The van der Waals surface area contributed by atoms with Crippen LogP contribution in [0.3, 0.4) is 0 Å². The number of carboxylic acids is 1. The van der Waals surface area contributed by atoms with Gasteiger partial charge in [-0.1, -0.05) is 0 Å². The maximum Gasteiger partial charge on any atom is 0.341 e. The van der Waals surface area contributed by atoms with Gasteiger partial charge in [0.1, 0.15) is 11.5 Å². The molecule has 0 bridgehead atoms. The van der Waals surface area contributed by atoms with E-state index in [-0.39, 0.29) is 11.5 Å². The van der Waals surface area contributed by atoms with Crippen LogP contribution in [-0.2, 0) is 4.79 Å². The largest absolute Gasteiger partial charge is 0.508 e. The number of carbonyl (C=O) groups excluding carboxylic acids is 1. The molecule has 1 heterocycles. The normalized spacial score (nSPS) is 14.7. The number of aldehydes is 1. The molecule has 142 valence electrons. The molecule has 1 aliphatic heterocycles. The molecule has 0 aliphatic carbocycles. The van der Waals surface area contributed by atoms with Crippen LogP contribution in [0, 0.1) is 0 Å². The fourth-order valence-corrected chi connectivity index (χ4v) is 3.68. The van der Waals surface area contributed by atoms with E-state index in [1.165, 1.54) is 0 Å². The van der Waals surface area contributed by atoms with Crippen LogP contribution in [0.25, 0.3) is 0 Å². The number of aromatic hydroxyl groups is 1. The molecular weight excluding hydrogens is 368 g/mol. The first-order valence-electron chi connectivity index (χ1n) is 8.46. The zero-order valence-corrected chi connectivity index (χ0v) is 15.4. The maximum absolute atomic E-state index is 11.1. The van der Waals surface area contributed by atoms with Crippen LogP contribution in [0.4, 0.5) is 5.69 Å². The lowest BCUT2D eigenvalue weighted by atomic mass is 10.1. The standard InChI is InChI=1S/C19H20N2O5S/c22-12-14-1-2-15(11-18(14)26-13-19(24)25)20-7-9-21(10-8-20)27-17-5-3-16(23)4-6-17/h1-6,11-12,23H,7-10,13H2,(H,24,25). The Hall–Kier alpha value is -2.71. The molecule has 7 nitrogen and oxygen atoms in total. The maximum atomic E-state index is 11.1. The highest BCUT2D eigenvalue weighted by Gasteiger charge is 2.19. The highest BCUT2D eigenvalue weighted by atomic mass is 32.2. The second-order valence-corrected chi connectivity index (χ2v) is 7.19. The van der Waals surface area contributed by atoms with Gasteiger partial charge in [-0.2, -0.15) is 0 Å². The van der Waals surface area contributed by atoms with Crippen molar-refractivity contribution < 1.29 is 24.5 Å². The zero-order valence-electron chi connectivity index (χ0n) is 14.6. The molecule has 8 heteroatoms. The van der Waals surface area contributed by atoms with E-state index in [0.717, 1.165) is 36.8 Å². The van der Waals surface area contributed by atoms with Crippen LogP contribution < -0.4 is 9.64 Å². The molecule has 1 aliphatic rings. The highest BCUT2D eigenvalue weighted by molar-refractivity contribution is 7.97. The number of ether oxygens (including phenoxy) is 1. The van der Waals surface area contributed by atoms with Crippen molar-refractivity contribution in [2.75, 3.05) is 37.7 Å². The quantitative estimate of drug-likeness (QED) is 0.552. The van der Waals surface area contributed by atoms with Crippen LogP contribution in [0.5, 0.6) is 11.5 Å². The first-order valence-corrected chi connectivity index (χ1v) is 9.23. The van der Waals surface area contributed by atoms with Crippen molar-refractivity contribution in [3.8, 4) is 11.5 Å². The minimum Gasteiger partial charge on any atom is -0.508 e. The number of carboxylic acid groups (broad SMARTS) is 1. The Bertz CT molecular complexity index is 804. The number of hydrogen-bond acceptors (Lipinski definition) is 7. The fourth-order valence-electron chi connectivity index (χ4n) is 2.78. The average molecular weight is 388 g/mol. The van der Waals surface area contributed by atoms with Crippen molar-refractivity contribution >= 4 is 29.9 Å². The van der Waals surface area contributed by atoms with Gasteiger partial charge in [0.25, 0.3) is 0 Å². The van der Waals surface area contributed by atoms with Crippen molar-refractivity contribution in [3.05, 3.63) is 48.0 Å². The lowest BCUT2D eigenvalue weighted by molar-refractivity contribution is -0.139. The fraction of sp³-hybridized carbons (Fsp3) is 0.263. The average Bonchev–Trinajstić information content (AvgIpc) is 2.68. The number of aliphatic carboxylic acids is 1. The molecule has 0 aromatic heterocycles. The molecule has 0 radical (unpaired) electrons. The van der Waals surface area contributed by atoms with E-state index >= 15 is 0 Å². The van der Waals surface area contributed by atoms with E-state index < -0.39 is 12.6 Å². The van der Waals surface area contributed by atoms with Crippen LogP contribution in [0.15, 0.2) is 47.4 Å². The highest BCUT2D eigenvalue weighted by Crippen LogP contribution is 2.29.